The normalized spacial score (nSPS) is 13.3. The molecule has 6 heteroatoms. The maximum absolute atomic E-state index is 13.3. The van der Waals surface area contributed by atoms with Crippen LogP contribution in [0, 0.1) is 0 Å². The Bertz CT molecular complexity index is 1120. The van der Waals surface area contributed by atoms with Crippen molar-refractivity contribution in [3.8, 4) is 0 Å². The number of carbonyl (C=O) groups is 2. The highest BCUT2D eigenvalue weighted by Gasteiger charge is 2.24. The molecule has 0 spiro atoms. The van der Waals surface area contributed by atoms with E-state index in [2.05, 4.69) is 62.5 Å². The van der Waals surface area contributed by atoms with Gasteiger partial charge in [0.1, 0.15) is 6.10 Å². The molecule has 0 aromatic heterocycles. The van der Waals surface area contributed by atoms with Gasteiger partial charge in [-0.3, -0.25) is 9.59 Å². The van der Waals surface area contributed by atoms with E-state index < -0.39 is 18.2 Å². The third kappa shape index (κ3) is 50.5. The molecule has 400 valence electrons. The monoisotopic (exact) mass is 956 g/mol. The number of rotatable bonds is 55. The first-order chi connectivity index (χ1) is 33.5. The first kappa shape index (κ1) is 66.1. The fourth-order valence-corrected chi connectivity index (χ4v) is 9.34. The summed E-state index contributed by atoms with van der Waals surface area (Å²) in [5.74, 6) is -0.467. The number of esters is 1. The highest BCUT2D eigenvalue weighted by Crippen LogP contribution is 2.19. The molecule has 0 radical (unpaired) electrons. The van der Waals surface area contributed by atoms with Gasteiger partial charge in [0.25, 0.3) is 0 Å². The molecule has 68 heavy (non-hydrogen) atoms. The minimum atomic E-state index is -0.789. The fraction of sp³-hybridized carbons (Fsp3) is 0.871. The van der Waals surface area contributed by atoms with Crippen molar-refractivity contribution in [3.63, 3.8) is 0 Å². The second kappa shape index (κ2) is 56.0. The smallest absolute Gasteiger partial charge is 0.306 e. The molecule has 0 aliphatic heterocycles. The molecule has 0 aliphatic carbocycles. The Hall–Kier alpha value is -1.92. The van der Waals surface area contributed by atoms with E-state index in [1.165, 1.54) is 212 Å². The van der Waals surface area contributed by atoms with Crippen LogP contribution in [0.25, 0.3) is 0 Å². The second-order valence-corrected chi connectivity index (χ2v) is 20.7. The van der Waals surface area contributed by atoms with Crippen molar-refractivity contribution in [3.05, 3.63) is 36.5 Å². The zero-order chi connectivity index (χ0) is 49.5. The number of unbranched alkanes of at least 4 members (excludes halogenated alkanes) is 37. The van der Waals surface area contributed by atoms with Crippen LogP contribution in [0.5, 0.6) is 0 Å². The molecule has 0 bridgehead atoms. The minimum absolute atomic E-state index is 0.0747. The van der Waals surface area contributed by atoms with Crippen LogP contribution < -0.4 is 5.32 Å². The van der Waals surface area contributed by atoms with Crippen LogP contribution in [0.2, 0.25) is 0 Å². The third-order valence-electron chi connectivity index (χ3n) is 13.9. The molecule has 0 saturated heterocycles. The Morgan fingerprint density at radius 3 is 1.16 bits per heavy atom. The van der Waals surface area contributed by atoms with Gasteiger partial charge in [0, 0.05) is 6.42 Å². The summed E-state index contributed by atoms with van der Waals surface area (Å²) < 4.78 is 5.98. The van der Waals surface area contributed by atoms with Crippen molar-refractivity contribution >= 4 is 11.9 Å². The van der Waals surface area contributed by atoms with E-state index in [4.69, 9.17) is 4.74 Å². The molecule has 0 rings (SSSR count). The Labute approximate surface area is 424 Å². The molecule has 0 heterocycles. The van der Waals surface area contributed by atoms with Gasteiger partial charge in [-0.25, -0.2) is 0 Å². The number of ether oxygens (including phenoxy) is 1. The van der Waals surface area contributed by atoms with Crippen molar-refractivity contribution in [2.75, 3.05) is 6.61 Å². The standard InChI is InChI=1S/C62H117NO5/c1-4-7-10-13-16-19-22-25-27-29-30-32-34-37-40-43-46-49-52-55-62(67)68-58(53-50-47-44-41-38-36-33-31-28-26-23-20-17-14-11-8-5-2)56-61(66)63-59(57-64)60(65)54-51-48-45-42-39-35-24-21-18-15-12-9-6-3/h17,20,25-28,58-60,64-65H,4-16,18-19,21-24,29-57H2,1-3H3,(H,63,66)/b20-17-,27-25+,28-26-. The Morgan fingerprint density at radius 2 is 0.750 bits per heavy atom. The Kier molecular flexibility index (Phi) is 54.4. The highest BCUT2D eigenvalue weighted by molar-refractivity contribution is 5.77. The maximum Gasteiger partial charge on any atom is 0.306 e. The van der Waals surface area contributed by atoms with Gasteiger partial charge in [0.05, 0.1) is 25.2 Å². The SMILES string of the molecule is CCCCC/C=C\C/C=C\CCCCCCCCCC(CC(=O)NC(CO)C(O)CCCCCCCCCCCCCCC)OC(=O)CCCCCCCCCCC/C=C/CCCCCCCC. The maximum atomic E-state index is 13.3. The first-order valence-electron chi connectivity index (χ1n) is 30.2. The predicted molar refractivity (Wildman–Crippen MR) is 296 cm³/mol. The quantitative estimate of drug-likeness (QED) is 0.0321. The summed E-state index contributed by atoms with van der Waals surface area (Å²) >= 11 is 0. The number of hydrogen-bond donors (Lipinski definition) is 3. The number of aliphatic hydroxyl groups excluding tert-OH is 2. The molecule has 3 unspecified atom stereocenters. The third-order valence-corrected chi connectivity index (χ3v) is 13.9. The van der Waals surface area contributed by atoms with E-state index >= 15 is 0 Å². The molecular weight excluding hydrogens is 839 g/mol. The number of aliphatic hydroxyl groups is 2. The van der Waals surface area contributed by atoms with Gasteiger partial charge in [-0.2, -0.15) is 0 Å². The molecule has 0 aromatic rings. The number of hydrogen-bond acceptors (Lipinski definition) is 5. The first-order valence-corrected chi connectivity index (χ1v) is 30.2. The molecule has 0 aliphatic rings. The van der Waals surface area contributed by atoms with Gasteiger partial charge in [-0.1, -0.05) is 263 Å². The lowest BCUT2D eigenvalue weighted by Crippen LogP contribution is -2.46. The molecule has 0 saturated carbocycles. The van der Waals surface area contributed by atoms with E-state index in [9.17, 15) is 19.8 Å². The van der Waals surface area contributed by atoms with Crippen molar-refractivity contribution in [1.29, 1.82) is 0 Å². The number of allylic oxidation sites excluding steroid dienone is 6. The largest absolute Gasteiger partial charge is 0.462 e. The summed E-state index contributed by atoms with van der Waals surface area (Å²) in [5, 5.41) is 23.9. The van der Waals surface area contributed by atoms with Gasteiger partial charge in [-0.15, -0.1) is 0 Å². The van der Waals surface area contributed by atoms with Crippen LogP contribution in [0.3, 0.4) is 0 Å². The van der Waals surface area contributed by atoms with Crippen molar-refractivity contribution in [2.24, 2.45) is 0 Å². The van der Waals surface area contributed by atoms with Gasteiger partial charge < -0.3 is 20.3 Å². The van der Waals surface area contributed by atoms with Crippen LogP contribution in [0.1, 0.15) is 323 Å². The predicted octanol–water partition coefficient (Wildman–Crippen LogP) is 18.8. The number of carbonyl (C=O) groups excluding carboxylic acids is 2. The lowest BCUT2D eigenvalue weighted by Gasteiger charge is -2.24. The lowest BCUT2D eigenvalue weighted by molar-refractivity contribution is -0.151. The van der Waals surface area contributed by atoms with E-state index in [1.54, 1.807) is 0 Å². The average Bonchev–Trinajstić information content (AvgIpc) is 3.33. The second-order valence-electron chi connectivity index (χ2n) is 20.7. The van der Waals surface area contributed by atoms with E-state index in [-0.39, 0.29) is 24.9 Å². The number of amides is 1. The zero-order valence-electron chi connectivity index (χ0n) is 45.8. The van der Waals surface area contributed by atoms with Crippen molar-refractivity contribution in [2.45, 2.75) is 341 Å². The molecule has 6 nitrogen and oxygen atoms in total. The fourth-order valence-electron chi connectivity index (χ4n) is 9.34. The van der Waals surface area contributed by atoms with Crippen LogP contribution in [-0.4, -0.2) is 46.9 Å². The van der Waals surface area contributed by atoms with E-state index in [0.29, 0.717) is 19.3 Å². The van der Waals surface area contributed by atoms with Crippen LogP contribution in [0.15, 0.2) is 36.5 Å². The minimum Gasteiger partial charge on any atom is -0.462 e. The summed E-state index contributed by atoms with van der Waals surface area (Å²) in [6.45, 7) is 6.49. The summed E-state index contributed by atoms with van der Waals surface area (Å²) in [5.41, 5.74) is 0. The summed E-state index contributed by atoms with van der Waals surface area (Å²) in [7, 11) is 0. The lowest BCUT2D eigenvalue weighted by atomic mass is 10.0. The van der Waals surface area contributed by atoms with Crippen molar-refractivity contribution in [1.82, 2.24) is 5.32 Å². The topological polar surface area (TPSA) is 95.9 Å². The molecule has 0 fully saturated rings. The molecular formula is C62H117NO5. The summed E-state index contributed by atoms with van der Waals surface area (Å²) in [4.78, 5) is 26.3. The zero-order valence-corrected chi connectivity index (χ0v) is 45.8. The molecule has 3 N–H and O–H groups in total. The van der Waals surface area contributed by atoms with Gasteiger partial charge in [-0.05, 0) is 83.5 Å². The molecule has 1 amide bonds. The highest BCUT2D eigenvalue weighted by atomic mass is 16.5. The number of nitrogens with one attached hydrogen (secondary N) is 1. The van der Waals surface area contributed by atoms with Gasteiger partial charge in [0.2, 0.25) is 5.91 Å². The van der Waals surface area contributed by atoms with E-state index in [0.717, 1.165) is 64.2 Å². The van der Waals surface area contributed by atoms with E-state index in [1.807, 2.05) is 0 Å². The molecule has 3 atom stereocenters. The summed E-state index contributed by atoms with van der Waals surface area (Å²) in [6.07, 6.45) is 67.8. The van der Waals surface area contributed by atoms with Gasteiger partial charge in [0.15, 0.2) is 0 Å². The van der Waals surface area contributed by atoms with Crippen molar-refractivity contribution < 1.29 is 24.5 Å². The van der Waals surface area contributed by atoms with Crippen LogP contribution in [-0.2, 0) is 14.3 Å². The summed E-state index contributed by atoms with van der Waals surface area (Å²) in [6, 6.07) is -0.703. The van der Waals surface area contributed by atoms with Crippen LogP contribution in [0.4, 0.5) is 0 Å². The molecule has 0 aromatic carbocycles. The Morgan fingerprint density at radius 1 is 0.426 bits per heavy atom. The Balaban J connectivity index is 4.54. The van der Waals surface area contributed by atoms with Gasteiger partial charge >= 0.3 is 5.97 Å². The average molecular weight is 957 g/mol. The van der Waals surface area contributed by atoms with Crippen LogP contribution >= 0.6 is 0 Å².